The van der Waals surface area contributed by atoms with Gasteiger partial charge in [0.1, 0.15) is 23.7 Å². The monoisotopic (exact) mass is 437 g/mol. The molecule has 33 heavy (non-hydrogen) atoms. The number of pyridine rings is 2. The second kappa shape index (κ2) is 7.05. The molecule has 1 atom stereocenters. The average molecular weight is 438 g/mol. The first-order valence-electron chi connectivity index (χ1n) is 11.2. The van der Waals surface area contributed by atoms with E-state index in [1.54, 1.807) is 6.20 Å². The van der Waals surface area contributed by atoms with Crippen molar-refractivity contribution in [2.75, 3.05) is 38.2 Å². The largest absolute Gasteiger partial charge is 0.489 e. The summed E-state index contributed by atoms with van der Waals surface area (Å²) in [5, 5.41) is 8.80. The summed E-state index contributed by atoms with van der Waals surface area (Å²) < 4.78 is 8.20. The van der Waals surface area contributed by atoms with Crippen LogP contribution < -0.4 is 9.64 Å². The van der Waals surface area contributed by atoms with Crippen LogP contribution in [0, 0.1) is 0 Å². The minimum atomic E-state index is 0.410. The molecule has 8 heteroatoms. The summed E-state index contributed by atoms with van der Waals surface area (Å²) in [4.78, 5) is 14.0. The number of hydrogen-bond donors (Lipinski definition) is 1. The smallest absolute Gasteiger partial charge is 0.146 e. The zero-order chi connectivity index (χ0) is 21.9. The molecule has 8 nitrogen and oxygen atoms in total. The van der Waals surface area contributed by atoms with Gasteiger partial charge in [0.2, 0.25) is 0 Å². The van der Waals surface area contributed by atoms with Crippen molar-refractivity contribution in [3.05, 3.63) is 61.2 Å². The third-order valence-electron chi connectivity index (χ3n) is 6.80. The van der Waals surface area contributed by atoms with Gasteiger partial charge in [-0.3, -0.25) is 10.1 Å². The average Bonchev–Trinajstić information content (AvgIpc) is 3.50. The highest BCUT2D eigenvalue weighted by Gasteiger charge is 2.32. The van der Waals surface area contributed by atoms with Crippen molar-refractivity contribution in [2.24, 2.45) is 0 Å². The van der Waals surface area contributed by atoms with Gasteiger partial charge >= 0.3 is 0 Å². The van der Waals surface area contributed by atoms with Crippen LogP contribution in [0.25, 0.3) is 39.1 Å². The fourth-order valence-corrected chi connectivity index (χ4v) is 5.10. The van der Waals surface area contributed by atoms with Crippen LogP contribution in [0.3, 0.4) is 0 Å². The molecule has 0 saturated carbocycles. The molecule has 6 heterocycles. The van der Waals surface area contributed by atoms with Crippen LogP contribution in [0.5, 0.6) is 5.75 Å². The molecule has 7 rings (SSSR count). The van der Waals surface area contributed by atoms with Crippen LogP contribution in [0.1, 0.15) is 0 Å². The summed E-state index contributed by atoms with van der Waals surface area (Å²) in [6.45, 7) is 3.84. The summed E-state index contributed by atoms with van der Waals surface area (Å²) in [5.41, 5.74) is 6.76. The molecule has 2 aliphatic heterocycles. The number of nitrogens with zero attached hydrogens (tertiary/aromatic N) is 6. The number of piperazine rings is 1. The number of anilines is 1. The fraction of sp³-hybridized carbons (Fsp3) is 0.240. The Hall–Kier alpha value is -3.91. The van der Waals surface area contributed by atoms with Crippen LogP contribution in [0.2, 0.25) is 0 Å². The van der Waals surface area contributed by atoms with Gasteiger partial charge in [0.25, 0.3) is 0 Å². The van der Waals surface area contributed by atoms with Gasteiger partial charge < -0.3 is 18.9 Å². The molecule has 1 saturated heterocycles. The molecule has 0 bridgehead atoms. The topological polar surface area (TPSA) is 74.6 Å². The SMILES string of the molecule is CN1CCN2c3ccc(-c4n[nH]c5cnc(-c6cccn7ccnc67)cc45)cc3OCC2C1. The van der Waals surface area contributed by atoms with Crippen molar-refractivity contribution in [1.82, 2.24) is 29.5 Å². The number of aromatic amines is 1. The fourth-order valence-electron chi connectivity index (χ4n) is 5.10. The van der Waals surface area contributed by atoms with E-state index in [0.29, 0.717) is 12.6 Å². The number of aromatic nitrogens is 5. The maximum atomic E-state index is 6.19. The highest BCUT2D eigenvalue weighted by molar-refractivity contribution is 5.96. The molecule has 0 aliphatic carbocycles. The minimum absolute atomic E-state index is 0.410. The van der Waals surface area contributed by atoms with Crippen LogP contribution in [-0.4, -0.2) is 68.8 Å². The molecule has 1 fully saturated rings. The van der Waals surface area contributed by atoms with E-state index in [0.717, 1.165) is 64.4 Å². The third-order valence-corrected chi connectivity index (χ3v) is 6.80. The van der Waals surface area contributed by atoms with Crippen LogP contribution in [0.4, 0.5) is 5.69 Å². The molecule has 0 amide bonds. The molecule has 5 aromatic rings. The number of H-pyrrole nitrogens is 1. The van der Waals surface area contributed by atoms with Crippen LogP contribution in [-0.2, 0) is 0 Å². The summed E-state index contributed by atoms with van der Waals surface area (Å²) in [5.74, 6) is 0.931. The summed E-state index contributed by atoms with van der Waals surface area (Å²) in [6, 6.07) is 13.0. The Balaban J connectivity index is 1.31. The number of likely N-dealkylation sites (N-methyl/N-ethyl adjacent to an activating group) is 1. The van der Waals surface area contributed by atoms with Gasteiger partial charge in [-0.25, -0.2) is 4.98 Å². The highest BCUT2D eigenvalue weighted by Crippen LogP contribution is 2.39. The second-order valence-corrected chi connectivity index (χ2v) is 8.87. The number of nitrogens with one attached hydrogen (secondary N) is 1. The van der Waals surface area contributed by atoms with Gasteiger partial charge in [-0.1, -0.05) is 6.07 Å². The lowest BCUT2D eigenvalue weighted by Gasteiger charge is -2.44. The number of benzene rings is 1. The zero-order valence-electron chi connectivity index (χ0n) is 18.3. The van der Waals surface area contributed by atoms with E-state index in [4.69, 9.17) is 4.74 Å². The van der Waals surface area contributed by atoms with Crippen molar-refractivity contribution >= 4 is 22.2 Å². The molecule has 4 aromatic heterocycles. The van der Waals surface area contributed by atoms with E-state index < -0.39 is 0 Å². The number of fused-ring (bicyclic) bond motifs is 5. The lowest BCUT2D eigenvalue weighted by atomic mass is 10.0. The Morgan fingerprint density at radius 1 is 1.09 bits per heavy atom. The van der Waals surface area contributed by atoms with E-state index >= 15 is 0 Å². The standard InChI is InChI=1S/C25H23N7O/c1-30-9-10-32-17(14-30)15-33-23-11-16(4-5-22(23)32)24-19-12-20(27-13-21(19)28-29-24)18-3-2-7-31-8-6-26-25(18)31/h2-8,11-13,17H,9-10,14-15H2,1H3,(H,28,29). The van der Waals surface area contributed by atoms with Gasteiger partial charge in [0, 0.05) is 54.7 Å². The highest BCUT2D eigenvalue weighted by atomic mass is 16.5. The number of ether oxygens (including phenoxy) is 1. The Bertz CT molecular complexity index is 1500. The predicted octanol–water partition coefficient (Wildman–Crippen LogP) is 3.45. The van der Waals surface area contributed by atoms with E-state index in [2.05, 4.69) is 67.3 Å². The lowest BCUT2D eigenvalue weighted by Crippen LogP contribution is -2.56. The first-order valence-corrected chi connectivity index (χ1v) is 11.2. The maximum absolute atomic E-state index is 6.19. The molecule has 0 spiro atoms. The molecule has 2 aliphatic rings. The molecule has 1 N–H and O–H groups in total. The number of hydrogen-bond acceptors (Lipinski definition) is 6. The van der Waals surface area contributed by atoms with E-state index in [-0.39, 0.29) is 0 Å². The molecule has 1 aromatic carbocycles. The quantitative estimate of drug-likeness (QED) is 0.456. The first-order chi connectivity index (χ1) is 16.2. The van der Waals surface area contributed by atoms with Crippen molar-refractivity contribution < 1.29 is 4.74 Å². The Morgan fingerprint density at radius 3 is 3.03 bits per heavy atom. The molecule has 1 unspecified atom stereocenters. The minimum Gasteiger partial charge on any atom is -0.489 e. The number of imidazole rings is 1. The van der Waals surface area contributed by atoms with Gasteiger partial charge in [-0.05, 0) is 37.4 Å². The Labute approximate surface area is 190 Å². The van der Waals surface area contributed by atoms with Gasteiger partial charge in [0.15, 0.2) is 0 Å². The Kier molecular flexibility index (Phi) is 3.98. The summed E-state index contributed by atoms with van der Waals surface area (Å²) in [6.07, 6.45) is 7.58. The molecule has 164 valence electrons. The van der Waals surface area contributed by atoms with Gasteiger partial charge in [-0.15, -0.1) is 0 Å². The van der Waals surface area contributed by atoms with Crippen LogP contribution in [0.15, 0.2) is 61.2 Å². The van der Waals surface area contributed by atoms with Crippen molar-refractivity contribution in [3.8, 4) is 28.3 Å². The van der Waals surface area contributed by atoms with E-state index in [1.165, 1.54) is 5.69 Å². The number of rotatable bonds is 2. The second-order valence-electron chi connectivity index (χ2n) is 8.87. The van der Waals surface area contributed by atoms with Gasteiger partial charge in [-0.2, -0.15) is 5.10 Å². The first kappa shape index (κ1) is 18.6. The van der Waals surface area contributed by atoms with Crippen LogP contribution >= 0.6 is 0 Å². The normalized spacial score (nSPS) is 18.3. The maximum Gasteiger partial charge on any atom is 0.146 e. The van der Waals surface area contributed by atoms with E-state index in [9.17, 15) is 0 Å². The van der Waals surface area contributed by atoms with E-state index in [1.807, 2.05) is 29.1 Å². The lowest BCUT2D eigenvalue weighted by molar-refractivity contribution is 0.188. The van der Waals surface area contributed by atoms with Gasteiger partial charge in [0.05, 0.1) is 29.1 Å². The molecular weight excluding hydrogens is 414 g/mol. The molecular formula is C25H23N7O. The van der Waals surface area contributed by atoms with Crippen molar-refractivity contribution in [3.63, 3.8) is 0 Å². The van der Waals surface area contributed by atoms with Crippen molar-refractivity contribution in [1.29, 1.82) is 0 Å². The Morgan fingerprint density at radius 2 is 2.06 bits per heavy atom. The summed E-state index contributed by atoms with van der Waals surface area (Å²) in [7, 11) is 2.18. The predicted molar refractivity (Wildman–Crippen MR) is 128 cm³/mol. The summed E-state index contributed by atoms with van der Waals surface area (Å²) >= 11 is 0. The molecule has 0 radical (unpaired) electrons. The third kappa shape index (κ3) is 2.91. The van der Waals surface area contributed by atoms with Crippen molar-refractivity contribution in [2.45, 2.75) is 6.04 Å². The zero-order valence-corrected chi connectivity index (χ0v) is 18.3.